The van der Waals surface area contributed by atoms with E-state index in [-0.39, 0.29) is 29.6 Å². The first-order valence-electron chi connectivity index (χ1n) is 10.0. The van der Waals surface area contributed by atoms with Crippen LogP contribution in [0.2, 0.25) is 0 Å². The Morgan fingerprint density at radius 3 is 2.30 bits per heavy atom. The molecule has 1 heterocycles. The van der Waals surface area contributed by atoms with Gasteiger partial charge >= 0.3 is 12.0 Å². The first kappa shape index (κ1) is 24.6. The van der Waals surface area contributed by atoms with E-state index in [1.807, 2.05) is 30.3 Å². The zero-order valence-electron chi connectivity index (χ0n) is 17.5. The smallest absolute Gasteiger partial charge is 0.328 e. The molecule has 12 heteroatoms. The first-order valence-corrected chi connectivity index (χ1v) is 12.6. The maximum Gasteiger partial charge on any atom is 0.328 e. The van der Waals surface area contributed by atoms with Crippen LogP contribution < -0.4 is 16.0 Å². The predicted octanol–water partition coefficient (Wildman–Crippen LogP) is 0.819. The van der Waals surface area contributed by atoms with Crippen LogP contribution in [0.5, 0.6) is 0 Å². The van der Waals surface area contributed by atoms with Gasteiger partial charge in [-0.2, -0.15) is 4.31 Å². The lowest BCUT2D eigenvalue weighted by atomic mass is 10.2. The molecule has 2 aromatic rings. The number of carbonyl (C=O) groups excluding carboxylic acids is 2. The van der Waals surface area contributed by atoms with Crippen molar-refractivity contribution in [1.82, 2.24) is 20.3 Å². The second kappa shape index (κ2) is 11.2. The molecule has 1 fully saturated rings. The van der Waals surface area contributed by atoms with Crippen molar-refractivity contribution < 1.29 is 27.9 Å². The number of amides is 3. The van der Waals surface area contributed by atoms with E-state index in [9.17, 15) is 27.9 Å². The van der Waals surface area contributed by atoms with Crippen LogP contribution in [0, 0.1) is 0 Å². The molecular formula is C21H24N4O6S2. The van der Waals surface area contributed by atoms with Gasteiger partial charge in [0.1, 0.15) is 12.1 Å². The molecular weight excluding hydrogens is 468 g/mol. The van der Waals surface area contributed by atoms with E-state index in [0.29, 0.717) is 0 Å². The van der Waals surface area contributed by atoms with Crippen LogP contribution >= 0.6 is 11.8 Å². The average molecular weight is 493 g/mol. The largest absolute Gasteiger partial charge is 0.480 e. The zero-order valence-corrected chi connectivity index (χ0v) is 19.1. The van der Waals surface area contributed by atoms with Crippen LogP contribution in [-0.4, -0.2) is 66.0 Å². The molecule has 4 N–H and O–H groups in total. The predicted molar refractivity (Wildman–Crippen MR) is 123 cm³/mol. The van der Waals surface area contributed by atoms with Gasteiger partial charge in [-0.1, -0.05) is 48.5 Å². The van der Waals surface area contributed by atoms with E-state index in [2.05, 4.69) is 16.0 Å². The Bertz CT molecular complexity index is 1080. The number of nitrogens with one attached hydrogen (secondary N) is 3. The Hall–Kier alpha value is -3.09. The highest BCUT2D eigenvalue weighted by Gasteiger charge is 2.41. The summed E-state index contributed by atoms with van der Waals surface area (Å²) in [6.45, 7) is -0.116. The summed E-state index contributed by atoms with van der Waals surface area (Å²) in [5.41, 5.74) is 0.870. The third-order valence-electron chi connectivity index (χ3n) is 4.87. The molecule has 3 amide bonds. The molecule has 176 valence electrons. The minimum atomic E-state index is -3.92. The number of aliphatic carboxylic acids is 1. The fourth-order valence-corrected chi connectivity index (χ4v) is 6.27. The number of carboxylic acids is 1. The summed E-state index contributed by atoms with van der Waals surface area (Å²) in [5.74, 6) is -1.82. The van der Waals surface area contributed by atoms with Crippen LogP contribution in [0.15, 0.2) is 65.6 Å². The van der Waals surface area contributed by atoms with Crippen LogP contribution in [0.4, 0.5) is 4.79 Å². The van der Waals surface area contributed by atoms with Crippen LogP contribution in [0.1, 0.15) is 5.56 Å². The van der Waals surface area contributed by atoms with Gasteiger partial charge in [-0.25, -0.2) is 18.0 Å². The molecule has 3 rings (SSSR count). The summed E-state index contributed by atoms with van der Waals surface area (Å²) >= 11 is 1.26. The molecule has 33 heavy (non-hydrogen) atoms. The fourth-order valence-electron chi connectivity index (χ4n) is 3.10. The lowest BCUT2D eigenvalue weighted by Gasteiger charge is -2.24. The molecule has 1 aliphatic rings. The average Bonchev–Trinajstić information content (AvgIpc) is 3.32. The van der Waals surface area contributed by atoms with Gasteiger partial charge in [0.05, 0.1) is 17.3 Å². The van der Waals surface area contributed by atoms with Gasteiger partial charge in [-0.3, -0.25) is 4.79 Å². The van der Waals surface area contributed by atoms with E-state index in [4.69, 9.17) is 0 Å². The summed E-state index contributed by atoms with van der Waals surface area (Å²) < 4.78 is 26.9. The third kappa shape index (κ3) is 6.46. The lowest BCUT2D eigenvalue weighted by molar-refractivity contribution is -0.142. The van der Waals surface area contributed by atoms with Gasteiger partial charge in [0.15, 0.2) is 0 Å². The molecule has 0 aromatic heterocycles. The maximum absolute atomic E-state index is 12.9. The summed E-state index contributed by atoms with van der Waals surface area (Å²) in [5, 5.41) is 16.8. The number of thioether (sulfide) groups is 1. The van der Waals surface area contributed by atoms with Crippen molar-refractivity contribution in [1.29, 1.82) is 0 Å². The van der Waals surface area contributed by atoms with Crippen molar-refractivity contribution in [3.05, 3.63) is 66.2 Å². The van der Waals surface area contributed by atoms with Gasteiger partial charge in [0.2, 0.25) is 15.9 Å². The minimum Gasteiger partial charge on any atom is -0.480 e. The van der Waals surface area contributed by atoms with Gasteiger partial charge in [-0.05, 0) is 17.7 Å². The number of carbonyl (C=O) groups is 3. The van der Waals surface area contributed by atoms with E-state index in [0.717, 1.165) is 9.87 Å². The number of hydrogen-bond acceptors (Lipinski definition) is 6. The normalized spacial score (nSPS) is 17.2. The number of hydrogen-bond donors (Lipinski definition) is 4. The van der Waals surface area contributed by atoms with Crippen molar-refractivity contribution >= 4 is 39.7 Å². The topological polar surface area (TPSA) is 145 Å². The summed E-state index contributed by atoms with van der Waals surface area (Å²) in [6, 6.07) is 13.8. The van der Waals surface area contributed by atoms with Crippen molar-refractivity contribution in [2.45, 2.75) is 23.5 Å². The van der Waals surface area contributed by atoms with Gasteiger partial charge < -0.3 is 21.1 Å². The second-order valence-electron chi connectivity index (χ2n) is 7.17. The first-order chi connectivity index (χ1) is 15.8. The Kier molecular flexibility index (Phi) is 8.31. The number of rotatable bonds is 9. The number of nitrogens with zero attached hydrogens (tertiary/aromatic N) is 1. The Labute approximate surface area is 195 Å². The molecule has 1 aliphatic heterocycles. The molecule has 0 spiro atoms. The standard InChI is InChI=1S/C21H24N4O6S2/c26-19(18-13-32-14-25(18)33(30,31)16-9-5-2-6-10-16)24-17(20(27)28)12-23-21(29)22-11-15-7-3-1-4-8-15/h1-10,17-18H,11-14H2,(H,24,26)(H,27,28)(H2,22,23,29)/t17-,18-/m0/s1. The van der Waals surface area contributed by atoms with E-state index in [1.54, 1.807) is 18.2 Å². The molecule has 1 saturated heterocycles. The summed E-state index contributed by atoms with van der Waals surface area (Å²) in [6.07, 6.45) is 0. The van der Waals surface area contributed by atoms with Gasteiger partial charge in [-0.15, -0.1) is 11.8 Å². The Morgan fingerprint density at radius 2 is 1.67 bits per heavy atom. The zero-order chi connectivity index (χ0) is 23.8. The lowest BCUT2D eigenvalue weighted by Crippen LogP contribution is -2.55. The molecule has 0 unspecified atom stereocenters. The molecule has 10 nitrogen and oxygen atoms in total. The number of benzene rings is 2. The number of carboxylic acid groups (broad SMARTS) is 1. The molecule has 2 atom stereocenters. The van der Waals surface area contributed by atoms with Crippen LogP contribution in [-0.2, 0) is 26.2 Å². The van der Waals surface area contributed by atoms with Crippen LogP contribution in [0.25, 0.3) is 0 Å². The van der Waals surface area contributed by atoms with Crippen molar-refractivity contribution in [2.75, 3.05) is 18.2 Å². The minimum absolute atomic E-state index is 0.0526. The summed E-state index contributed by atoms with van der Waals surface area (Å²) in [7, 11) is -3.92. The highest BCUT2D eigenvalue weighted by molar-refractivity contribution is 8.00. The summed E-state index contributed by atoms with van der Waals surface area (Å²) in [4.78, 5) is 36.5. The maximum atomic E-state index is 12.9. The molecule has 0 radical (unpaired) electrons. The van der Waals surface area contributed by atoms with Crippen molar-refractivity contribution in [3.63, 3.8) is 0 Å². The second-order valence-corrected chi connectivity index (χ2v) is 10.1. The molecule has 2 aromatic carbocycles. The van der Waals surface area contributed by atoms with Gasteiger partial charge in [0, 0.05) is 12.3 Å². The SMILES string of the molecule is O=C(NCc1ccccc1)NC[C@H](NC(=O)[C@@H]1CSCN1S(=O)(=O)c1ccccc1)C(=O)O. The van der Waals surface area contributed by atoms with E-state index < -0.39 is 40.0 Å². The Balaban J connectivity index is 1.58. The highest BCUT2D eigenvalue weighted by Crippen LogP contribution is 2.28. The highest BCUT2D eigenvalue weighted by atomic mass is 32.2. The fraction of sp³-hybridized carbons (Fsp3) is 0.286. The monoisotopic (exact) mass is 492 g/mol. The number of sulfonamides is 1. The Morgan fingerprint density at radius 1 is 1.03 bits per heavy atom. The molecule has 0 bridgehead atoms. The number of urea groups is 1. The van der Waals surface area contributed by atoms with Crippen LogP contribution in [0.3, 0.4) is 0 Å². The van der Waals surface area contributed by atoms with E-state index >= 15 is 0 Å². The molecule has 0 aliphatic carbocycles. The van der Waals surface area contributed by atoms with Crippen molar-refractivity contribution in [3.8, 4) is 0 Å². The van der Waals surface area contributed by atoms with Crippen molar-refractivity contribution in [2.24, 2.45) is 0 Å². The quantitative estimate of drug-likeness (QED) is 0.405. The molecule has 0 saturated carbocycles. The third-order valence-corrected chi connectivity index (χ3v) is 7.92. The van der Waals surface area contributed by atoms with E-state index in [1.165, 1.54) is 23.9 Å². The van der Waals surface area contributed by atoms with Gasteiger partial charge in [0.25, 0.3) is 0 Å².